The summed E-state index contributed by atoms with van der Waals surface area (Å²) in [5.41, 5.74) is 3.80. The molecule has 0 unspecified atom stereocenters. The van der Waals surface area contributed by atoms with Gasteiger partial charge in [0.05, 0.1) is 43.0 Å². The Kier molecular flexibility index (Phi) is 7.22. The maximum Gasteiger partial charge on any atom is 0.337 e. The largest absolute Gasteiger partial charge is 0.496 e. The lowest BCUT2D eigenvalue weighted by Gasteiger charge is -2.06. The lowest BCUT2D eigenvalue weighted by molar-refractivity contribution is 0.0600. The van der Waals surface area contributed by atoms with Gasteiger partial charge in [0.15, 0.2) is 0 Å². The minimum Gasteiger partial charge on any atom is -0.496 e. The third kappa shape index (κ3) is 5.19. The number of carbonyl (C=O) groups is 2. The Morgan fingerprint density at radius 1 is 1.19 bits per heavy atom. The number of para-hydroxylation sites is 1. The van der Waals surface area contributed by atoms with Crippen LogP contribution in [0.5, 0.6) is 5.75 Å². The van der Waals surface area contributed by atoms with E-state index in [2.05, 4.69) is 10.5 Å². The van der Waals surface area contributed by atoms with Gasteiger partial charge in [-0.1, -0.05) is 47.2 Å². The van der Waals surface area contributed by atoms with Crippen LogP contribution in [0.3, 0.4) is 0 Å². The quantitative estimate of drug-likeness (QED) is 0.332. The van der Waals surface area contributed by atoms with E-state index in [4.69, 9.17) is 21.1 Å². The van der Waals surface area contributed by atoms with Crippen LogP contribution in [0.25, 0.3) is 0 Å². The van der Waals surface area contributed by atoms with Gasteiger partial charge in [-0.15, -0.1) is 0 Å². The first-order valence-electron chi connectivity index (χ1n) is 8.97. The number of nitrogens with one attached hydrogen (secondary N) is 1. The molecule has 3 rings (SSSR count). The van der Waals surface area contributed by atoms with Gasteiger partial charge in [-0.25, -0.2) is 10.2 Å². The number of ether oxygens (including phenoxy) is 2. The number of thiazole rings is 1. The van der Waals surface area contributed by atoms with Crippen molar-refractivity contribution >= 4 is 41.0 Å². The molecule has 0 aliphatic carbocycles. The van der Waals surface area contributed by atoms with Gasteiger partial charge in [0, 0.05) is 0 Å². The van der Waals surface area contributed by atoms with Gasteiger partial charge in [-0.2, -0.15) is 5.10 Å². The molecule has 0 saturated heterocycles. The molecule has 1 heterocycles. The number of methoxy groups -OCH3 is 2. The molecule has 8 nitrogen and oxygen atoms in total. The Hall–Kier alpha value is -3.43. The minimum absolute atomic E-state index is 0.167. The molecule has 1 N–H and O–H groups in total. The zero-order valence-electron chi connectivity index (χ0n) is 16.6. The molecule has 2 aromatic carbocycles. The molecule has 31 heavy (non-hydrogen) atoms. The number of nitrogens with zero attached hydrogens (tertiary/aromatic N) is 2. The molecule has 0 radical (unpaired) electrons. The van der Waals surface area contributed by atoms with E-state index in [0.717, 1.165) is 11.3 Å². The van der Waals surface area contributed by atoms with Gasteiger partial charge in [0.2, 0.25) is 0 Å². The van der Waals surface area contributed by atoms with Crippen LogP contribution in [-0.4, -0.2) is 36.9 Å². The van der Waals surface area contributed by atoms with Gasteiger partial charge in [-0.3, -0.25) is 14.2 Å². The highest BCUT2D eigenvalue weighted by atomic mass is 35.5. The molecule has 3 aromatic rings. The number of amides is 1. The van der Waals surface area contributed by atoms with Gasteiger partial charge in [0.1, 0.15) is 10.9 Å². The summed E-state index contributed by atoms with van der Waals surface area (Å²) < 4.78 is 11.2. The van der Waals surface area contributed by atoms with Crippen LogP contribution >= 0.6 is 22.9 Å². The van der Waals surface area contributed by atoms with Crippen molar-refractivity contribution in [3.63, 3.8) is 0 Å². The molecule has 160 valence electrons. The van der Waals surface area contributed by atoms with Crippen molar-refractivity contribution < 1.29 is 19.1 Å². The summed E-state index contributed by atoms with van der Waals surface area (Å²) in [7, 11) is 2.77. The van der Waals surface area contributed by atoms with E-state index in [0.29, 0.717) is 27.3 Å². The van der Waals surface area contributed by atoms with Crippen molar-refractivity contribution in [3.8, 4) is 5.75 Å². The maximum absolute atomic E-state index is 12.4. The molecule has 0 saturated carbocycles. The number of halogens is 1. The van der Waals surface area contributed by atoms with E-state index in [1.807, 2.05) is 0 Å². The van der Waals surface area contributed by atoms with Crippen molar-refractivity contribution in [2.24, 2.45) is 5.10 Å². The van der Waals surface area contributed by atoms with Gasteiger partial charge in [-0.05, 0) is 29.8 Å². The molecule has 0 atom stereocenters. The van der Waals surface area contributed by atoms with Crippen LogP contribution in [0.2, 0.25) is 5.15 Å². The van der Waals surface area contributed by atoms with Crippen LogP contribution < -0.4 is 15.0 Å². The van der Waals surface area contributed by atoms with Crippen molar-refractivity contribution in [3.05, 3.63) is 84.9 Å². The molecule has 0 bridgehead atoms. The maximum atomic E-state index is 12.4. The number of rotatable bonds is 7. The molecule has 1 amide bonds. The average molecular weight is 460 g/mol. The van der Waals surface area contributed by atoms with Crippen molar-refractivity contribution in [2.75, 3.05) is 14.2 Å². The predicted molar refractivity (Wildman–Crippen MR) is 119 cm³/mol. The summed E-state index contributed by atoms with van der Waals surface area (Å²) in [6, 6.07) is 13.4. The van der Waals surface area contributed by atoms with Gasteiger partial charge < -0.3 is 9.47 Å². The number of hydrazone groups is 1. The second-order valence-corrected chi connectivity index (χ2v) is 7.55. The summed E-state index contributed by atoms with van der Waals surface area (Å²) in [6.07, 6.45) is 1.31. The highest BCUT2D eigenvalue weighted by Gasteiger charge is 2.14. The van der Waals surface area contributed by atoms with Crippen LogP contribution in [-0.2, 0) is 11.3 Å². The second-order valence-electron chi connectivity index (χ2n) is 6.20. The van der Waals surface area contributed by atoms with Gasteiger partial charge in [0.25, 0.3) is 5.91 Å². The number of esters is 1. The Balaban J connectivity index is 1.75. The Labute approximate surface area is 186 Å². The highest BCUT2D eigenvalue weighted by molar-refractivity contribution is 7.11. The number of hydrogen-bond acceptors (Lipinski definition) is 7. The molecule has 0 aliphatic rings. The predicted octanol–water partition coefficient (Wildman–Crippen LogP) is 3.17. The Morgan fingerprint density at radius 2 is 1.97 bits per heavy atom. The zero-order chi connectivity index (χ0) is 22.4. The van der Waals surface area contributed by atoms with Gasteiger partial charge >= 0.3 is 10.8 Å². The van der Waals surface area contributed by atoms with E-state index in [9.17, 15) is 14.4 Å². The zero-order valence-corrected chi connectivity index (χ0v) is 18.2. The first kappa shape index (κ1) is 22.3. The molecule has 1 aromatic heterocycles. The third-order valence-corrected chi connectivity index (χ3v) is 5.68. The summed E-state index contributed by atoms with van der Waals surface area (Å²) in [5, 5.41) is 4.07. The van der Waals surface area contributed by atoms with Crippen molar-refractivity contribution in [1.82, 2.24) is 9.99 Å². The second kappa shape index (κ2) is 10.1. The average Bonchev–Trinajstić information content (AvgIpc) is 3.06. The number of aromatic nitrogens is 1. The normalized spacial score (nSPS) is 10.8. The fourth-order valence-electron chi connectivity index (χ4n) is 2.76. The molecular formula is C21H18ClN3O5S. The van der Waals surface area contributed by atoms with E-state index >= 15 is 0 Å². The number of benzene rings is 2. The molecule has 0 spiro atoms. The monoisotopic (exact) mass is 459 g/mol. The van der Waals surface area contributed by atoms with E-state index in [-0.39, 0.29) is 16.6 Å². The minimum atomic E-state index is -0.468. The van der Waals surface area contributed by atoms with E-state index in [1.54, 1.807) is 48.5 Å². The van der Waals surface area contributed by atoms with Crippen LogP contribution in [0.1, 0.15) is 31.2 Å². The summed E-state index contributed by atoms with van der Waals surface area (Å²) in [5.74, 6) is -0.515. The summed E-state index contributed by atoms with van der Waals surface area (Å²) in [4.78, 5) is 36.5. The Morgan fingerprint density at radius 3 is 2.71 bits per heavy atom. The fraction of sp³-hybridized carbons (Fsp3) is 0.143. The highest BCUT2D eigenvalue weighted by Crippen LogP contribution is 2.19. The molecule has 0 fully saturated rings. The number of hydrogen-bond donors (Lipinski definition) is 1. The van der Waals surface area contributed by atoms with E-state index < -0.39 is 11.9 Å². The summed E-state index contributed by atoms with van der Waals surface area (Å²) in [6.45, 7) is 0.167. The fourth-order valence-corrected chi connectivity index (χ4v) is 3.86. The first-order valence-corrected chi connectivity index (χ1v) is 10.2. The smallest absolute Gasteiger partial charge is 0.337 e. The molecule has 10 heteroatoms. The molecule has 0 aliphatic heterocycles. The lowest BCUT2D eigenvalue weighted by Crippen LogP contribution is -2.18. The van der Waals surface area contributed by atoms with Crippen molar-refractivity contribution in [1.29, 1.82) is 0 Å². The third-order valence-electron chi connectivity index (χ3n) is 4.25. The van der Waals surface area contributed by atoms with Crippen LogP contribution in [0.4, 0.5) is 0 Å². The first-order chi connectivity index (χ1) is 14.9. The lowest BCUT2D eigenvalue weighted by atomic mass is 10.1. The molecular weight excluding hydrogens is 442 g/mol. The SMILES string of the molecule is COC(=O)c1cccc(Cn2c(Cl)c(C=NNC(=O)c3ccccc3OC)sc2=O)c1. The van der Waals surface area contributed by atoms with Crippen LogP contribution in [0.15, 0.2) is 58.4 Å². The Bertz CT molecular complexity index is 1200. The number of carbonyl (C=O) groups excluding carboxylic acids is 2. The summed E-state index contributed by atoms with van der Waals surface area (Å²) >= 11 is 7.24. The standard InChI is InChI=1S/C21H18ClN3O5S/c1-29-16-9-4-3-8-15(16)19(26)24-23-11-17-18(22)25(21(28)31-17)12-13-6-5-7-14(10-13)20(27)30-2/h3-11H,12H2,1-2H3,(H,24,26). The van der Waals surface area contributed by atoms with E-state index in [1.165, 1.54) is 25.0 Å². The van der Waals surface area contributed by atoms with Crippen molar-refractivity contribution in [2.45, 2.75) is 6.54 Å². The van der Waals surface area contributed by atoms with Crippen LogP contribution in [0, 0.1) is 0 Å². The topological polar surface area (TPSA) is 99.0 Å².